The van der Waals surface area contributed by atoms with Gasteiger partial charge in [-0.25, -0.2) is 0 Å². The Hall–Kier alpha value is -8.72. The number of anilines is 3. The highest BCUT2D eigenvalue weighted by Gasteiger charge is 2.21. The van der Waals surface area contributed by atoms with E-state index in [1.54, 1.807) is 0 Å². The lowest BCUT2D eigenvalue weighted by Gasteiger charge is -2.28. The average Bonchev–Trinajstić information content (AvgIpc) is 3.75. The molecule has 12 rings (SSSR count). The van der Waals surface area contributed by atoms with Gasteiger partial charge in [-0.3, -0.25) is 0 Å². The van der Waals surface area contributed by atoms with Gasteiger partial charge in [-0.1, -0.05) is 206 Å². The molecule has 11 aromatic carbocycles. The van der Waals surface area contributed by atoms with Crippen LogP contribution >= 0.6 is 0 Å². The zero-order valence-electron chi connectivity index (χ0n) is 36.3. The van der Waals surface area contributed by atoms with Crippen molar-refractivity contribution in [3.05, 3.63) is 267 Å². The van der Waals surface area contributed by atoms with Gasteiger partial charge < -0.3 is 9.47 Å². The lowest BCUT2D eigenvalue weighted by atomic mass is 9.94. The molecule has 0 N–H and O–H groups in total. The number of hydrogen-bond donors (Lipinski definition) is 0. The summed E-state index contributed by atoms with van der Waals surface area (Å²) in [5.74, 6) is 0. The molecule has 0 radical (unpaired) electrons. The van der Waals surface area contributed by atoms with Crippen molar-refractivity contribution in [1.29, 1.82) is 0 Å². The molecule has 0 saturated heterocycles. The lowest BCUT2D eigenvalue weighted by Crippen LogP contribution is -2.10. The Kier molecular flexibility index (Phi) is 9.89. The third-order valence-corrected chi connectivity index (χ3v) is 12.9. The van der Waals surface area contributed by atoms with Crippen molar-refractivity contribution in [2.75, 3.05) is 4.90 Å². The summed E-state index contributed by atoms with van der Waals surface area (Å²) >= 11 is 0. The Labute approximate surface area is 385 Å². The lowest BCUT2D eigenvalue weighted by molar-refractivity contribution is 1.19. The highest BCUT2D eigenvalue weighted by molar-refractivity contribution is 6.22. The van der Waals surface area contributed by atoms with E-state index >= 15 is 0 Å². The van der Waals surface area contributed by atoms with E-state index in [0.717, 1.165) is 39.4 Å². The number of para-hydroxylation sites is 1. The van der Waals surface area contributed by atoms with Gasteiger partial charge in [0.1, 0.15) is 0 Å². The van der Waals surface area contributed by atoms with E-state index in [1.165, 1.54) is 71.5 Å². The average molecular weight is 841 g/mol. The van der Waals surface area contributed by atoms with Gasteiger partial charge in [0, 0.05) is 38.9 Å². The minimum atomic E-state index is 1.07. The van der Waals surface area contributed by atoms with Crippen LogP contribution in [-0.4, -0.2) is 4.57 Å². The highest BCUT2D eigenvalue weighted by atomic mass is 15.1. The molecule has 2 heteroatoms. The smallest absolute Gasteiger partial charge is 0.0619 e. The van der Waals surface area contributed by atoms with E-state index in [0.29, 0.717) is 0 Å². The molecule has 0 aliphatic heterocycles. The molecule has 66 heavy (non-hydrogen) atoms. The van der Waals surface area contributed by atoms with Crippen LogP contribution in [0.3, 0.4) is 0 Å². The molecule has 0 amide bonds. The molecule has 2 nitrogen and oxygen atoms in total. The van der Waals surface area contributed by atoms with Crippen LogP contribution in [0.25, 0.3) is 93.9 Å². The van der Waals surface area contributed by atoms with Crippen LogP contribution in [0, 0.1) is 0 Å². The fourth-order valence-corrected chi connectivity index (χ4v) is 9.90. The van der Waals surface area contributed by atoms with Gasteiger partial charge in [0.25, 0.3) is 0 Å². The first kappa shape index (κ1) is 38.9. The molecule has 0 fully saturated rings. The molecule has 0 atom stereocenters. The van der Waals surface area contributed by atoms with Crippen molar-refractivity contribution in [3.8, 4) is 61.3 Å². The van der Waals surface area contributed by atoms with Crippen LogP contribution in [0.2, 0.25) is 0 Å². The minimum Gasteiger partial charge on any atom is -0.310 e. The van der Waals surface area contributed by atoms with Gasteiger partial charge in [-0.05, 0) is 122 Å². The molecule has 310 valence electrons. The van der Waals surface area contributed by atoms with E-state index in [4.69, 9.17) is 0 Å². The Balaban J connectivity index is 1.07. The Morgan fingerprint density at radius 3 is 1.45 bits per heavy atom. The topological polar surface area (TPSA) is 8.17 Å². The Bertz CT molecular complexity index is 3610. The summed E-state index contributed by atoms with van der Waals surface area (Å²) in [7, 11) is 0. The fourth-order valence-electron chi connectivity index (χ4n) is 9.90. The molecule has 12 aromatic rings. The predicted octanol–water partition coefficient (Wildman–Crippen LogP) is 17.7. The summed E-state index contributed by atoms with van der Waals surface area (Å²) < 4.78 is 2.45. The first-order valence-corrected chi connectivity index (χ1v) is 22.7. The number of benzene rings is 11. The molecule has 0 saturated carbocycles. The molecular formula is C64H44N2. The first-order chi connectivity index (χ1) is 32.7. The maximum absolute atomic E-state index is 2.45. The van der Waals surface area contributed by atoms with Gasteiger partial charge in [-0.15, -0.1) is 0 Å². The van der Waals surface area contributed by atoms with E-state index in [-0.39, 0.29) is 0 Å². The molecule has 0 aliphatic rings. The van der Waals surface area contributed by atoms with Crippen LogP contribution in [0.1, 0.15) is 0 Å². The Morgan fingerprint density at radius 1 is 0.273 bits per heavy atom. The first-order valence-electron chi connectivity index (χ1n) is 22.7. The quantitative estimate of drug-likeness (QED) is 0.141. The largest absolute Gasteiger partial charge is 0.310 e. The van der Waals surface area contributed by atoms with Crippen LogP contribution in [-0.2, 0) is 0 Å². The number of nitrogens with zero attached hydrogens (tertiary/aromatic N) is 2. The molecule has 0 spiro atoms. The fraction of sp³-hybridized carbons (Fsp3) is 0. The second-order valence-electron chi connectivity index (χ2n) is 16.9. The number of aromatic nitrogens is 1. The second-order valence-corrected chi connectivity index (χ2v) is 16.9. The SMILES string of the molecule is c1ccc(-c2cc(-c3ccccc3)cc(N(c3ccc(-c4ccccc4-c4ccccc4)cc3)c3cccc(-c4cccc5c4c4ccc6ccccc6c4n5-c4ccccc4)c3)c2)cc1. The third kappa shape index (κ3) is 7.02. The van der Waals surface area contributed by atoms with Crippen LogP contribution < -0.4 is 4.90 Å². The molecule has 1 heterocycles. The normalized spacial score (nSPS) is 11.3. The van der Waals surface area contributed by atoms with Crippen LogP contribution in [0.4, 0.5) is 17.1 Å². The van der Waals surface area contributed by atoms with Crippen LogP contribution in [0.15, 0.2) is 267 Å². The summed E-state index contributed by atoms with van der Waals surface area (Å²) in [4.78, 5) is 2.43. The monoisotopic (exact) mass is 840 g/mol. The standard InChI is InChI=1S/C64H44N2/c1-5-19-45(20-6-1)51-41-52(46-21-7-2-8-22-46)44-56(43-51)65(54-38-35-49(36-39-54)58-31-16-15-30-57(58)47-23-9-3-10-24-47)55-29-17-26-50(42-55)59-33-18-34-62-63(59)61-40-37-48-25-13-14-32-60(48)64(61)66(62)53-27-11-4-12-28-53/h1-44H. The maximum atomic E-state index is 2.45. The van der Waals surface area contributed by atoms with Crippen molar-refractivity contribution in [2.24, 2.45) is 0 Å². The number of hydrogen-bond acceptors (Lipinski definition) is 1. The molecule has 0 aliphatic carbocycles. The van der Waals surface area contributed by atoms with Crippen molar-refractivity contribution in [1.82, 2.24) is 4.57 Å². The van der Waals surface area contributed by atoms with Gasteiger partial charge in [-0.2, -0.15) is 0 Å². The van der Waals surface area contributed by atoms with E-state index in [2.05, 4.69) is 276 Å². The summed E-state index contributed by atoms with van der Waals surface area (Å²) in [6, 6.07) is 96.9. The van der Waals surface area contributed by atoms with E-state index in [9.17, 15) is 0 Å². The van der Waals surface area contributed by atoms with Crippen molar-refractivity contribution < 1.29 is 0 Å². The highest BCUT2D eigenvalue weighted by Crippen LogP contribution is 2.45. The molecular weight excluding hydrogens is 797 g/mol. The second kappa shape index (κ2) is 16.8. The third-order valence-electron chi connectivity index (χ3n) is 12.9. The van der Waals surface area contributed by atoms with Gasteiger partial charge >= 0.3 is 0 Å². The van der Waals surface area contributed by atoms with Crippen LogP contribution in [0.5, 0.6) is 0 Å². The van der Waals surface area contributed by atoms with E-state index < -0.39 is 0 Å². The van der Waals surface area contributed by atoms with Crippen molar-refractivity contribution >= 4 is 49.6 Å². The zero-order valence-corrected chi connectivity index (χ0v) is 36.3. The molecule has 0 unspecified atom stereocenters. The summed E-state index contributed by atoms with van der Waals surface area (Å²) in [5.41, 5.74) is 18.6. The van der Waals surface area contributed by atoms with Gasteiger partial charge in [0.15, 0.2) is 0 Å². The van der Waals surface area contributed by atoms with Gasteiger partial charge in [0.2, 0.25) is 0 Å². The Morgan fingerprint density at radius 2 is 0.788 bits per heavy atom. The summed E-state index contributed by atoms with van der Waals surface area (Å²) in [5, 5.41) is 4.94. The predicted molar refractivity (Wildman–Crippen MR) is 280 cm³/mol. The molecule has 1 aromatic heterocycles. The number of fused-ring (bicyclic) bond motifs is 5. The van der Waals surface area contributed by atoms with Crippen molar-refractivity contribution in [2.45, 2.75) is 0 Å². The maximum Gasteiger partial charge on any atom is 0.0619 e. The van der Waals surface area contributed by atoms with E-state index in [1.807, 2.05) is 0 Å². The minimum absolute atomic E-state index is 1.07. The summed E-state index contributed by atoms with van der Waals surface area (Å²) in [6.07, 6.45) is 0. The summed E-state index contributed by atoms with van der Waals surface area (Å²) in [6.45, 7) is 0. The molecule has 0 bridgehead atoms. The zero-order chi connectivity index (χ0) is 43.8. The van der Waals surface area contributed by atoms with Gasteiger partial charge in [0.05, 0.1) is 11.0 Å². The number of rotatable bonds is 9. The van der Waals surface area contributed by atoms with Crippen molar-refractivity contribution in [3.63, 3.8) is 0 Å².